The number of imidazole rings is 1. The van der Waals surface area contributed by atoms with E-state index in [0.717, 1.165) is 0 Å². The zero-order valence-electron chi connectivity index (χ0n) is 15.2. The second-order valence-corrected chi connectivity index (χ2v) is 6.44. The summed E-state index contributed by atoms with van der Waals surface area (Å²) in [5, 5.41) is 0. The lowest BCUT2D eigenvalue weighted by Crippen LogP contribution is -2.32. The largest absolute Gasteiger partial charge is 0.469 e. The van der Waals surface area contributed by atoms with Crippen molar-refractivity contribution in [3.63, 3.8) is 0 Å². The summed E-state index contributed by atoms with van der Waals surface area (Å²) in [6.07, 6.45) is 6.34. The van der Waals surface area contributed by atoms with Gasteiger partial charge in [0.05, 0.1) is 18.4 Å². The van der Waals surface area contributed by atoms with E-state index in [2.05, 4.69) is 4.98 Å². The molecule has 0 radical (unpaired) electrons. The fourth-order valence-electron chi connectivity index (χ4n) is 3.36. The number of hydrogen-bond acceptors (Lipinski definition) is 5. The minimum absolute atomic E-state index is 0.125. The zero-order valence-corrected chi connectivity index (χ0v) is 15.2. The molecular weight excluding hydrogens is 356 g/mol. The monoisotopic (exact) mass is 374 g/mol. The van der Waals surface area contributed by atoms with E-state index in [1.807, 2.05) is 13.1 Å². The Morgan fingerprint density at radius 1 is 0.929 bits per heavy atom. The Labute approximate surface area is 161 Å². The molecule has 3 heterocycles. The zero-order chi connectivity index (χ0) is 19.5. The summed E-state index contributed by atoms with van der Waals surface area (Å²) < 4.78 is 12.7. The predicted octanol–water partition coefficient (Wildman–Crippen LogP) is 4.12. The van der Waals surface area contributed by atoms with E-state index < -0.39 is 17.6 Å². The van der Waals surface area contributed by atoms with Gasteiger partial charge in [0.15, 0.2) is 11.5 Å². The molecule has 2 unspecified atom stereocenters. The van der Waals surface area contributed by atoms with Crippen LogP contribution in [0.2, 0.25) is 0 Å². The Hall–Kier alpha value is -3.67. The topological polar surface area (TPSA) is 78.2 Å². The highest BCUT2D eigenvalue weighted by atomic mass is 16.3. The molecule has 4 aromatic rings. The van der Waals surface area contributed by atoms with E-state index in [0.29, 0.717) is 17.1 Å². The van der Waals surface area contributed by atoms with Crippen molar-refractivity contribution in [1.82, 2.24) is 9.55 Å². The number of carbonyl (C=O) groups excluding carboxylic acids is 2. The minimum Gasteiger partial charge on any atom is -0.469 e. The molecule has 6 nitrogen and oxygen atoms in total. The predicted molar refractivity (Wildman–Crippen MR) is 101 cm³/mol. The van der Waals surface area contributed by atoms with Crippen LogP contribution in [0.25, 0.3) is 0 Å². The Bertz CT molecular complexity index is 1060. The highest BCUT2D eigenvalue weighted by molar-refractivity contribution is 6.16. The standard InChI is InChI=1S/C22H18N2O4/c1-24-12-11-23-22(24)18(16-9-5-13-27-16)19(21(26)17-10-6-14-28-17)20(25)15-7-3-2-4-8-15/h2-14,18-19H,1H3. The van der Waals surface area contributed by atoms with E-state index >= 15 is 0 Å². The Kier molecular flexibility index (Phi) is 4.76. The number of rotatable bonds is 7. The quantitative estimate of drug-likeness (QED) is 0.359. The fraction of sp³-hybridized carbons (Fsp3) is 0.136. The number of furan rings is 2. The van der Waals surface area contributed by atoms with E-state index in [1.54, 1.807) is 65.5 Å². The maximum atomic E-state index is 13.5. The molecule has 0 aliphatic carbocycles. The number of hydrogen-bond donors (Lipinski definition) is 0. The average molecular weight is 374 g/mol. The van der Waals surface area contributed by atoms with Crippen LogP contribution in [0, 0.1) is 5.92 Å². The van der Waals surface area contributed by atoms with Gasteiger partial charge in [-0.1, -0.05) is 30.3 Å². The van der Waals surface area contributed by atoms with Crippen LogP contribution in [-0.4, -0.2) is 21.1 Å². The summed E-state index contributed by atoms with van der Waals surface area (Å²) in [7, 11) is 1.82. The number of aryl methyl sites for hydroxylation is 1. The van der Waals surface area contributed by atoms with Crippen molar-refractivity contribution in [1.29, 1.82) is 0 Å². The van der Waals surface area contributed by atoms with E-state index in [4.69, 9.17) is 8.83 Å². The SMILES string of the molecule is Cn1ccnc1C(c1ccco1)C(C(=O)c1ccccc1)C(=O)c1ccco1. The van der Waals surface area contributed by atoms with Crippen molar-refractivity contribution in [3.05, 3.63) is 102 Å². The number of Topliss-reactive ketones (excluding diaryl/α,β-unsaturated/α-hetero) is 2. The molecule has 28 heavy (non-hydrogen) atoms. The van der Waals surface area contributed by atoms with Crippen molar-refractivity contribution in [2.24, 2.45) is 13.0 Å². The first-order valence-corrected chi connectivity index (χ1v) is 8.84. The summed E-state index contributed by atoms with van der Waals surface area (Å²) in [5.41, 5.74) is 0.443. The number of aromatic nitrogens is 2. The Morgan fingerprint density at radius 3 is 2.29 bits per heavy atom. The van der Waals surface area contributed by atoms with Crippen molar-refractivity contribution >= 4 is 11.6 Å². The third kappa shape index (κ3) is 3.20. The summed E-state index contributed by atoms with van der Waals surface area (Å²) in [6.45, 7) is 0. The number of carbonyl (C=O) groups is 2. The highest BCUT2D eigenvalue weighted by Gasteiger charge is 2.42. The summed E-state index contributed by atoms with van der Waals surface area (Å²) in [4.78, 5) is 31.3. The van der Waals surface area contributed by atoms with Crippen LogP contribution in [0.3, 0.4) is 0 Å². The van der Waals surface area contributed by atoms with Gasteiger partial charge in [-0.25, -0.2) is 4.98 Å². The molecule has 0 saturated carbocycles. The summed E-state index contributed by atoms with van der Waals surface area (Å²) in [5.74, 6) is -1.33. The van der Waals surface area contributed by atoms with Gasteiger partial charge in [-0.05, 0) is 24.3 Å². The number of nitrogens with zero attached hydrogens (tertiary/aromatic N) is 2. The van der Waals surface area contributed by atoms with Crippen molar-refractivity contribution in [2.75, 3.05) is 0 Å². The van der Waals surface area contributed by atoms with E-state index in [-0.39, 0.29) is 11.5 Å². The van der Waals surface area contributed by atoms with Gasteiger partial charge in [-0.3, -0.25) is 9.59 Å². The van der Waals surface area contributed by atoms with Crippen LogP contribution in [0.15, 0.2) is 88.4 Å². The lowest BCUT2D eigenvalue weighted by Gasteiger charge is -2.23. The van der Waals surface area contributed by atoms with Crippen LogP contribution >= 0.6 is 0 Å². The molecule has 0 fully saturated rings. The lowest BCUT2D eigenvalue weighted by molar-refractivity contribution is 0.0765. The second kappa shape index (κ2) is 7.52. The fourth-order valence-corrected chi connectivity index (χ4v) is 3.36. The maximum absolute atomic E-state index is 13.5. The van der Waals surface area contributed by atoms with Gasteiger partial charge >= 0.3 is 0 Å². The molecule has 0 amide bonds. The molecule has 3 aromatic heterocycles. The molecule has 140 valence electrons. The molecule has 4 rings (SSSR count). The molecule has 0 saturated heterocycles. The molecule has 0 aliphatic rings. The van der Waals surface area contributed by atoms with Crippen LogP contribution in [-0.2, 0) is 7.05 Å². The summed E-state index contributed by atoms with van der Waals surface area (Å²) >= 11 is 0. The van der Waals surface area contributed by atoms with Crippen LogP contribution in [0.4, 0.5) is 0 Å². The minimum atomic E-state index is -1.08. The van der Waals surface area contributed by atoms with Crippen molar-refractivity contribution in [3.8, 4) is 0 Å². The van der Waals surface area contributed by atoms with Gasteiger partial charge in [-0.2, -0.15) is 0 Å². The number of ketones is 2. The first-order chi connectivity index (χ1) is 13.7. The molecular formula is C22H18N2O4. The van der Waals surface area contributed by atoms with Gasteiger partial charge in [0.25, 0.3) is 0 Å². The van der Waals surface area contributed by atoms with Crippen LogP contribution < -0.4 is 0 Å². The van der Waals surface area contributed by atoms with Gasteiger partial charge in [0.2, 0.25) is 5.78 Å². The lowest BCUT2D eigenvalue weighted by atomic mass is 9.79. The van der Waals surface area contributed by atoms with Gasteiger partial charge < -0.3 is 13.4 Å². The maximum Gasteiger partial charge on any atom is 0.209 e. The first-order valence-electron chi connectivity index (χ1n) is 8.84. The average Bonchev–Trinajstić information content (AvgIpc) is 3.48. The molecule has 0 spiro atoms. The van der Waals surface area contributed by atoms with Gasteiger partial charge in [-0.15, -0.1) is 0 Å². The third-order valence-corrected chi connectivity index (χ3v) is 4.71. The molecule has 0 N–H and O–H groups in total. The van der Waals surface area contributed by atoms with Gasteiger partial charge in [0, 0.05) is 25.0 Å². The molecule has 0 aliphatic heterocycles. The third-order valence-electron chi connectivity index (χ3n) is 4.71. The molecule has 2 atom stereocenters. The first kappa shape index (κ1) is 17.7. The van der Waals surface area contributed by atoms with Crippen LogP contribution in [0.1, 0.15) is 38.4 Å². The Balaban J connectivity index is 1.88. The summed E-state index contributed by atoms with van der Waals surface area (Å²) in [6, 6.07) is 15.4. The highest BCUT2D eigenvalue weighted by Crippen LogP contribution is 2.35. The van der Waals surface area contributed by atoms with Crippen molar-refractivity contribution in [2.45, 2.75) is 5.92 Å². The number of benzene rings is 1. The molecule has 0 bridgehead atoms. The van der Waals surface area contributed by atoms with Crippen molar-refractivity contribution < 1.29 is 18.4 Å². The normalized spacial score (nSPS) is 13.2. The smallest absolute Gasteiger partial charge is 0.209 e. The molecule has 1 aromatic carbocycles. The Morgan fingerprint density at radius 2 is 1.68 bits per heavy atom. The van der Waals surface area contributed by atoms with E-state index in [1.165, 1.54) is 12.5 Å². The second-order valence-electron chi connectivity index (χ2n) is 6.44. The van der Waals surface area contributed by atoms with Crippen LogP contribution in [0.5, 0.6) is 0 Å². The molecule has 6 heteroatoms. The van der Waals surface area contributed by atoms with Gasteiger partial charge in [0.1, 0.15) is 17.5 Å². The van der Waals surface area contributed by atoms with E-state index in [9.17, 15) is 9.59 Å².